The Kier molecular flexibility index (Phi) is 3.51. The fourth-order valence-electron chi connectivity index (χ4n) is 2.73. The summed E-state index contributed by atoms with van der Waals surface area (Å²) >= 11 is 0. The number of hydrogen-bond acceptors (Lipinski definition) is 0. The van der Waals surface area contributed by atoms with E-state index in [1.54, 1.807) is 0 Å². The fourth-order valence-corrected chi connectivity index (χ4v) is 2.73. The molecule has 0 aromatic rings. The van der Waals surface area contributed by atoms with Gasteiger partial charge in [0, 0.05) is 5.41 Å². The van der Waals surface area contributed by atoms with Gasteiger partial charge in [-0.3, -0.25) is 0 Å². The number of rotatable bonds is 1. The van der Waals surface area contributed by atoms with Crippen LogP contribution < -0.4 is 0 Å². The summed E-state index contributed by atoms with van der Waals surface area (Å²) < 4.78 is 0. The molecular formula is C17H22. The lowest BCUT2D eigenvalue weighted by molar-refractivity contribution is 0.577. The minimum atomic E-state index is 0.137. The van der Waals surface area contributed by atoms with E-state index in [2.05, 4.69) is 63.3 Å². The van der Waals surface area contributed by atoms with Crippen LogP contribution in [-0.2, 0) is 0 Å². The van der Waals surface area contributed by atoms with Crippen LogP contribution in [0.25, 0.3) is 0 Å². The molecule has 0 amide bonds. The first-order chi connectivity index (χ1) is 8.09. The van der Waals surface area contributed by atoms with Crippen LogP contribution in [0.1, 0.15) is 40.0 Å². The van der Waals surface area contributed by atoms with Gasteiger partial charge in [0.25, 0.3) is 0 Å². The summed E-state index contributed by atoms with van der Waals surface area (Å²) in [6.45, 7) is 6.80. The quantitative estimate of drug-likeness (QED) is 0.582. The fraction of sp³-hybridized carbons (Fsp3) is 0.412. The van der Waals surface area contributed by atoms with Crippen LogP contribution in [0.2, 0.25) is 0 Å². The predicted molar refractivity (Wildman–Crippen MR) is 75.8 cm³/mol. The van der Waals surface area contributed by atoms with Crippen LogP contribution in [-0.4, -0.2) is 0 Å². The Morgan fingerprint density at radius 3 is 2.76 bits per heavy atom. The third-order valence-electron chi connectivity index (χ3n) is 3.50. The molecule has 2 rings (SSSR count). The molecule has 0 spiro atoms. The molecule has 0 saturated heterocycles. The summed E-state index contributed by atoms with van der Waals surface area (Å²) in [6.07, 6.45) is 19.5. The van der Waals surface area contributed by atoms with Gasteiger partial charge in [0.2, 0.25) is 0 Å². The molecule has 0 radical (unpaired) electrons. The van der Waals surface area contributed by atoms with Gasteiger partial charge in [0.05, 0.1) is 0 Å². The standard InChI is InChI=1S/C17H22/c1-14-9-8-12-16(17(2,3)13-14)15-10-6-4-5-7-11-15/h4,6,8-10,12-13H,5,7,11H2,1-3H3. The van der Waals surface area contributed by atoms with Crippen LogP contribution in [0.4, 0.5) is 0 Å². The van der Waals surface area contributed by atoms with Crippen molar-refractivity contribution in [2.75, 3.05) is 0 Å². The van der Waals surface area contributed by atoms with Crippen molar-refractivity contribution in [3.63, 3.8) is 0 Å². The van der Waals surface area contributed by atoms with Crippen LogP contribution >= 0.6 is 0 Å². The average Bonchev–Trinajstić information content (AvgIpc) is 2.56. The second-order valence-electron chi connectivity index (χ2n) is 5.56. The second-order valence-corrected chi connectivity index (χ2v) is 5.56. The topological polar surface area (TPSA) is 0 Å². The van der Waals surface area contributed by atoms with Crippen molar-refractivity contribution in [3.8, 4) is 0 Å². The molecule has 0 atom stereocenters. The lowest BCUT2D eigenvalue weighted by atomic mass is 9.78. The van der Waals surface area contributed by atoms with Gasteiger partial charge >= 0.3 is 0 Å². The van der Waals surface area contributed by atoms with Gasteiger partial charge < -0.3 is 0 Å². The molecule has 2 aliphatic rings. The van der Waals surface area contributed by atoms with Gasteiger partial charge in [-0.15, -0.1) is 0 Å². The first kappa shape index (κ1) is 12.2. The first-order valence-corrected chi connectivity index (χ1v) is 6.54. The molecule has 0 N–H and O–H groups in total. The van der Waals surface area contributed by atoms with E-state index in [1.165, 1.54) is 36.0 Å². The average molecular weight is 226 g/mol. The number of hydrogen-bond donors (Lipinski definition) is 0. The molecular weight excluding hydrogens is 204 g/mol. The van der Waals surface area contributed by atoms with E-state index in [4.69, 9.17) is 0 Å². The van der Waals surface area contributed by atoms with Crippen LogP contribution in [0.3, 0.4) is 0 Å². The molecule has 0 unspecified atom stereocenters. The number of allylic oxidation sites excluding steroid dienone is 10. The Hall–Kier alpha value is -1.30. The SMILES string of the molecule is CC1=CC(C)(C)C(C2=CC=CCCC2)=CC=C1. The first-order valence-electron chi connectivity index (χ1n) is 6.54. The Labute approximate surface area is 105 Å². The van der Waals surface area contributed by atoms with Gasteiger partial charge in [-0.2, -0.15) is 0 Å². The normalized spacial score (nSPS) is 23.4. The Morgan fingerprint density at radius 1 is 1.12 bits per heavy atom. The highest BCUT2D eigenvalue weighted by atomic mass is 14.3. The van der Waals surface area contributed by atoms with E-state index < -0.39 is 0 Å². The van der Waals surface area contributed by atoms with Crippen molar-refractivity contribution in [2.45, 2.75) is 40.0 Å². The zero-order valence-electron chi connectivity index (χ0n) is 11.2. The third kappa shape index (κ3) is 2.88. The summed E-state index contributed by atoms with van der Waals surface area (Å²) in [4.78, 5) is 0. The van der Waals surface area contributed by atoms with E-state index in [1.807, 2.05) is 0 Å². The highest BCUT2D eigenvalue weighted by Crippen LogP contribution is 2.38. The Morgan fingerprint density at radius 2 is 1.94 bits per heavy atom. The van der Waals surface area contributed by atoms with Crippen LogP contribution in [0, 0.1) is 5.41 Å². The predicted octanol–water partition coefficient (Wildman–Crippen LogP) is 5.12. The second kappa shape index (κ2) is 4.91. The highest BCUT2D eigenvalue weighted by molar-refractivity contribution is 5.46. The van der Waals surface area contributed by atoms with E-state index in [-0.39, 0.29) is 5.41 Å². The van der Waals surface area contributed by atoms with Crippen molar-refractivity contribution in [1.29, 1.82) is 0 Å². The lowest BCUT2D eigenvalue weighted by Gasteiger charge is -2.26. The molecule has 0 aliphatic heterocycles. The zero-order chi connectivity index (χ0) is 12.3. The van der Waals surface area contributed by atoms with Crippen molar-refractivity contribution >= 4 is 0 Å². The van der Waals surface area contributed by atoms with Gasteiger partial charge in [-0.25, -0.2) is 0 Å². The molecule has 0 heterocycles. The van der Waals surface area contributed by atoms with Gasteiger partial charge in [-0.05, 0) is 37.3 Å². The molecule has 0 fully saturated rings. The summed E-state index contributed by atoms with van der Waals surface area (Å²) in [5.41, 5.74) is 4.46. The summed E-state index contributed by atoms with van der Waals surface area (Å²) in [6, 6.07) is 0. The van der Waals surface area contributed by atoms with E-state index in [9.17, 15) is 0 Å². The van der Waals surface area contributed by atoms with Crippen molar-refractivity contribution in [2.24, 2.45) is 5.41 Å². The van der Waals surface area contributed by atoms with Gasteiger partial charge in [0.15, 0.2) is 0 Å². The van der Waals surface area contributed by atoms with Crippen molar-refractivity contribution in [3.05, 3.63) is 59.3 Å². The molecule has 90 valence electrons. The van der Waals surface area contributed by atoms with Crippen LogP contribution in [0.15, 0.2) is 59.3 Å². The maximum Gasteiger partial charge on any atom is 0.00837 e. The molecule has 0 aromatic carbocycles. The molecule has 0 heteroatoms. The lowest BCUT2D eigenvalue weighted by Crippen LogP contribution is -2.13. The Bertz CT molecular complexity index is 437. The maximum absolute atomic E-state index is 2.37. The maximum atomic E-state index is 2.37. The molecule has 17 heavy (non-hydrogen) atoms. The van der Waals surface area contributed by atoms with Gasteiger partial charge in [-0.1, -0.05) is 62.0 Å². The monoisotopic (exact) mass is 226 g/mol. The smallest absolute Gasteiger partial charge is 0.00837 e. The molecule has 0 nitrogen and oxygen atoms in total. The molecule has 0 aromatic heterocycles. The van der Waals surface area contributed by atoms with Crippen molar-refractivity contribution < 1.29 is 0 Å². The summed E-state index contributed by atoms with van der Waals surface area (Å²) in [5, 5.41) is 0. The van der Waals surface area contributed by atoms with E-state index in [0.717, 1.165) is 0 Å². The minimum Gasteiger partial charge on any atom is -0.0845 e. The summed E-state index contributed by atoms with van der Waals surface area (Å²) in [5.74, 6) is 0. The molecule has 0 bridgehead atoms. The van der Waals surface area contributed by atoms with Gasteiger partial charge in [0.1, 0.15) is 0 Å². The largest absolute Gasteiger partial charge is 0.0845 e. The molecule has 2 aliphatic carbocycles. The molecule has 0 saturated carbocycles. The third-order valence-corrected chi connectivity index (χ3v) is 3.50. The highest BCUT2D eigenvalue weighted by Gasteiger charge is 2.24. The van der Waals surface area contributed by atoms with E-state index in [0.29, 0.717) is 0 Å². The Balaban J connectivity index is 2.37. The van der Waals surface area contributed by atoms with Crippen LogP contribution in [0.5, 0.6) is 0 Å². The van der Waals surface area contributed by atoms with E-state index >= 15 is 0 Å². The zero-order valence-corrected chi connectivity index (χ0v) is 11.2. The summed E-state index contributed by atoms with van der Waals surface area (Å²) in [7, 11) is 0. The van der Waals surface area contributed by atoms with Crippen molar-refractivity contribution in [1.82, 2.24) is 0 Å². The minimum absolute atomic E-state index is 0.137.